The van der Waals surface area contributed by atoms with Crippen molar-refractivity contribution in [2.75, 3.05) is 26.2 Å². The van der Waals surface area contributed by atoms with Crippen LogP contribution in [0, 0.1) is 0 Å². The summed E-state index contributed by atoms with van der Waals surface area (Å²) in [6.07, 6.45) is 5.10. The number of fused-ring (bicyclic) bond motifs is 1. The van der Waals surface area contributed by atoms with Crippen LogP contribution in [0.25, 0.3) is 10.9 Å². The van der Waals surface area contributed by atoms with Crippen LogP contribution in [-0.2, 0) is 30.4 Å². The molecule has 0 aliphatic rings. The van der Waals surface area contributed by atoms with Crippen molar-refractivity contribution in [2.24, 2.45) is 33.7 Å². The van der Waals surface area contributed by atoms with Gasteiger partial charge in [-0.05, 0) is 63.1 Å². The van der Waals surface area contributed by atoms with Gasteiger partial charge in [-0.2, -0.15) is 0 Å². The average Bonchev–Trinajstić information content (AvgIpc) is 3.42. The van der Waals surface area contributed by atoms with E-state index in [4.69, 9.17) is 28.7 Å². The molecular weight excluding hydrogens is 594 g/mol. The normalized spacial score (nSPS) is 12.8. The molecule has 2 aromatic rings. The zero-order chi connectivity index (χ0) is 33.9. The molecule has 16 heteroatoms. The Hall–Kier alpha value is -4.70. The summed E-state index contributed by atoms with van der Waals surface area (Å²) in [6, 6.07) is 4.86. The first-order valence-electron chi connectivity index (χ1n) is 15.5. The number of carbonyl (C=O) groups excluding carboxylic acids is 5. The third-order valence-electron chi connectivity index (χ3n) is 7.17. The molecule has 0 unspecified atom stereocenters. The third kappa shape index (κ3) is 13.9. The van der Waals surface area contributed by atoms with Crippen LogP contribution in [0.3, 0.4) is 0 Å². The fraction of sp³-hybridized carbons (Fsp3) is 0.533. The lowest BCUT2D eigenvalue weighted by Crippen LogP contribution is -2.51. The Morgan fingerprint density at radius 2 is 1.48 bits per heavy atom. The lowest BCUT2D eigenvalue weighted by Gasteiger charge is -2.20. The lowest BCUT2D eigenvalue weighted by atomic mass is 10.1. The summed E-state index contributed by atoms with van der Waals surface area (Å²) in [6.45, 7) is 1.38. The Labute approximate surface area is 268 Å². The SMILES string of the molecule is NCCC[C@H](NC(=O)[C@@H](N)CCCN=C(N)N)C(=O)NCCCCCNC(=O)[C@H](CC(N)=O)NC(=O)Cc1c[nH]c2ccccc12. The molecule has 16 nitrogen and oxygen atoms in total. The highest BCUT2D eigenvalue weighted by molar-refractivity contribution is 5.94. The molecule has 0 spiro atoms. The van der Waals surface area contributed by atoms with Crippen LogP contribution >= 0.6 is 0 Å². The lowest BCUT2D eigenvalue weighted by molar-refractivity contribution is -0.131. The van der Waals surface area contributed by atoms with Crippen molar-refractivity contribution in [3.05, 3.63) is 36.0 Å². The number of rotatable bonds is 22. The van der Waals surface area contributed by atoms with E-state index in [-0.39, 0.29) is 24.7 Å². The highest BCUT2D eigenvalue weighted by Gasteiger charge is 2.24. The molecule has 0 bridgehead atoms. The number of nitrogens with two attached hydrogens (primary N) is 5. The summed E-state index contributed by atoms with van der Waals surface area (Å²) in [4.78, 5) is 69.2. The number of nitrogens with zero attached hydrogens (tertiary/aromatic N) is 1. The summed E-state index contributed by atoms with van der Waals surface area (Å²) in [7, 11) is 0. The number of benzene rings is 1. The number of H-pyrrole nitrogens is 1. The molecule has 3 atom stereocenters. The predicted octanol–water partition coefficient (Wildman–Crippen LogP) is -1.92. The quantitative estimate of drug-likeness (QED) is 0.0388. The minimum absolute atomic E-state index is 0.0303. The minimum atomic E-state index is -1.10. The summed E-state index contributed by atoms with van der Waals surface area (Å²) in [5.41, 5.74) is 29.1. The molecule has 46 heavy (non-hydrogen) atoms. The monoisotopic (exact) mass is 643 g/mol. The topological polar surface area (TPSA) is 292 Å². The van der Waals surface area contributed by atoms with Crippen LogP contribution < -0.4 is 49.9 Å². The maximum Gasteiger partial charge on any atom is 0.243 e. The molecule has 254 valence electrons. The fourth-order valence-corrected chi connectivity index (χ4v) is 4.72. The van der Waals surface area contributed by atoms with Gasteiger partial charge in [0.2, 0.25) is 29.5 Å². The zero-order valence-electron chi connectivity index (χ0n) is 26.2. The number of amides is 5. The van der Waals surface area contributed by atoms with E-state index in [0.29, 0.717) is 71.1 Å². The molecule has 5 amide bonds. The molecule has 2 rings (SSSR count). The van der Waals surface area contributed by atoms with Gasteiger partial charge in [0.15, 0.2) is 5.96 Å². The molecular formula is C30H49N11O5. The van der Waals surface area contributed by atoms with Crippen LogP contribution in [0.2, 0.25) is 0 Å². The number of aromatic amines is 1. The molecule has 1 aromatic heterocycles. The van der Waals surface area contributed by atoms with E-state index in [0.717, 1.165) is 16.5 Å². The second-order valence-electron chi connectivity index (χ2n) is 11.0. The molecule has 0 fully saturated rings. The Morgan fingerprint density at radius 1 is 0.804 bits per heavy atom. The summed E-state index contributed by atoms with van der Waals surface area (Å²) in [5, 5.41) is 11.8. The highest BCUT2D eigenvalue weighted by Crippen LogP contribution is 2.18. The van der Waals surface area contributed by atoms with Gasteiger partial charge < -0.3 is 54.9 Å². The Bertz CT molecular complexity index is 1330. The fourth-order valence-electron chi connectivity index (χ4n) is 4.72. The van der Waals surface area contributed by atoms with Crippen molar-refractivity contribution in [3.63, 3.8) is 0 Å². The van der Waals surface area contributed by atoms with Gasteiger partial charge in [-0.3, -0.25) is 29.0 Å². The molecule has 1 aromatic carbocycles. The maximum atomic E-state index is 12.8. The van der Waals surface area contributed by atoms with Crippen molar-refractivity contribution < 1.29 is 24.0 Å². The number of carbonyl (C=O) groups is 5. The second kappa shape index (κ2) is 20.4. The van der Waals surface area contributed by atoms with Crippen molar-refractivity contribution in [3.8, 4) is 0 Å². The van der Waals surface area contributed by atoms with E-state index in [2.05, 4.69) is 31.2 Å². The molecule has 15 N–H and O–H groups in total. The molecule has 0 saturated heterocycles. The van der Waals surface area contributed by atoms with Crippen molar-refractivity contribution in [2.45, 2.75) is 75.9 Å². The van der Waals surface area contributed by atoms with Gasteiger partial charge in [-0.15, -0.1) is 0 Å². The minimum Gasteiger partial charge on any atom is -0.370 e. The summed E-state index contributed by atoms with van der Waals surface area (Å²) in [5.74, 6) is -2.44. The van der Waals surface area contributed by atoms with Gasteiger partial charge in [0.1, 0.15) is 12.1 Å². The highest BCUT2D eigenvalue weighted by atomic mass is 16.2. The molecule has 0 aliphatic carbocycles. The Balaban J connectivity index is 1.72. The Kier molecular flexibility index (Phi) is 16.6. The average molecular weight is 644 g/mol. The van der Waals surface area contributed by atoms with Gasteiger partial charge in [0.25, 0.3) is 0 Å². The van der Waals surface area contributed by atoms with Gasteiger partial charge in [0.05, 0.1) is 18.9 Å². The molecule has 0 saturated carbocycles. The number of primary amides is 1. The largest absolute Gasteiger partial charge is 0.370 e. The van der Waals surface area contributed by atoms with E-state index < -0.39 is 41.8 Å². The third-order valence-corrected chi connectivity index (χ3v) is 7.17. The first-order chi connectivity index (χ1) is 22.0. The van der Waals surface area contributed by atoms with Gasteiger partial charge in [-0.1, -0.05) is 18.2 Å². The van der Waals surface area contributed by atoms with Crippen LogP contribution in [0.1, 0.15) is 56.9 Å². The predicted molar refractivity (Wildman–Crippen MR) is 176 cm³/mol. The summed E-state index contributed by atoms with van der Waals surface area (Å²) < 4.78 is 0. The van der Waals surface area contributed by atoms with Crippen LogP contribution in [0.4, 0.5) is 0 Å². The van der Waals surface area contributed by atoms with E-state index in [9.17, 15) is 24.0 Å². The standard InChI is InChI=1S/C30H49N11O5/c31-12-6-11-23(41-27(44)21(32)9-7-15-38-30(34)35)28(45)36-13-4-1-5-14-37-29(46)24(17-25(33)42)40-26(43)16-19-18-39-22-10-3-2-8-20(19)22/h2-3,8,10,18,21,23-24,39H,1,4-7,9,11-17,31-32H2,(H2,33,42)(H,36,45)(H,37,46)(H,40,43)(H,41,44)(H4,34,35,38)/t21-,23-,24-/m0/s1. The van der Waals surface area contributed by atoms with Gasteiger partial charge >= 0.3 is 0 Å². The second-order valence-corrected chi connectivity index (χ2v) is 11.0. The number of hydrogen-bond donors (Lipinski definition) is 10. The van der Waals surface area contributed by atoms with E-state index >= 15 is 0 Å². The van der Waals surface area contributed by atoms with Crippen LogP contribution in [0.5, 0.6) is 0 Å². The number of nitrogens with one attached hydrogen (secondary N) is 5. The number of unbranched alkanes of at least 4 members (excludes halogenated alkanes) is 2. The number of aromatic nitrogens is 1. The number of hydrogen-bond acceptors (Lipinski definition) is 8. The summed E-state index contributed by atoms with van der Waals surface area (Å²) >= 11 is 0. The maximum absolute atomic E-state index is 12.8. The van der Waals surface area contributed by atoms with Crippen LogP contribution in [-0.4, -0.2) is 84.8 Å². The van der Waals surface area contributed by atoms with E-state index in [1.165, 1.54) is 0 Å². The van der Waals surface area contributed by atoms with Crippen LogP contribution in [0.15, 0.2) is 35.5 Å². The number of para-hydroxylation sites is 1. The number of guanidine groups is 1. The van der Waals surface area contributed by atoms with E-state index in [1.54, 1.807) is 6.20 Å². The smallest absolute Gasteiger partial charge is 0.243 e. The van der Waals surface area contributed by atoms with Gasteiger partial charge in [0, 0.05) is 36.7 Å². The zero-order valence-corrected chi connectivity index (χ0v) is 26.2. The van der Waals surface area contributed by atoms with Crippen molar-refractivity contribution >= 4 is 46.4 Å². The van der Waals surface area contributed by atoms with Crippen molar-refractivity contribution in [1.29, 1.82) is 0 Å². The van der Waals surface area contributed by atoms with E-state index in [1.807, 2.05) is 24.3 Å². The first kappa shape index (κ1) is 37.5. The van der Waals surface area contributed by atoms with Crippen molar-refractivity contribution in [1.82, 2.24) is 26.3 Å². The molecule has 0 aliphatic heterocycles. The molecule has 1 heterocycles. The number of aliphatic imine (C=N–C) groups is 1. The molecule has 0 radical (unpaired) electrons. The first-order valence-corrected chi connectivity index (χ1v) is 15.5. The van der Waals surface area contributed by atoms with Gasteiger partial charge in [-0.25, -0.2) is 0 Å². The Morgan fingerprint density at radius 3 is 2.13 bits per heavy atom.